The van der Waals surface area contributed by atoms with Crippen molar-refractivity contribution in [1.82, 2.24) is 0 Å². The average Bonchev–Trinajstić information content (AvgIpc) is 2.65. The number of rotatable bonds is 17. The van der Waals surface area contributed by atoms with Crippen LogP contribution in [0.5, 0.6) is 0 Å². The van der Waals surface area contributed by atoms with Crippen LogP contribution in [0.3, 0.4) is 0 Å². The van der Waals surface area contributed by atoms with E-state index in [1.165, 1.54) is 89.9 Å². The average molecular weight is 347 g/mol. The summed E-state index contributed by atoms with van der Waals surface area (Å²) in [6.45, 7) is 2.65. The van der Waals surface area contributed by atoms with E-state index in [4.69, 9.17) is 5.11 Å². The molecule has 1 unspecified atom stereocenters. The Bertz CT molecular complexity index is 373. The summed E-state index contributed by atoms with van der Waals surface area (Å²) in [4.78, 5) is 0. The topological polar surface area (TPSA) is 20.2 Å². The van der Waals surface area contributed by atoms with Gasteiger partial charge in [0.25, 0.3) is 0 Å². The minimum absolute atomic E-state index is 0.358. The molecule has 0 spiro atoms. The molecule has 0 saturated carbocycles. The van der Waals surface area contributed by atoms with Gasteiger partial charge in [-0.1, -0.05) is 114 Å². The van der Waals surface area contributed by atoms with Crippen LogP contribution < -0.4 is 0 Å². The minimum atomic E-state index is 0.358. The summed E-state index contributed by atoms with van der Waals surface area (Å²) in [5.41, 5.74) is 1.55. The van der Waals surface area contributed by atoms with Crippen molar-refractivity contribution < 1.29 is 5.11 Å². The second kappa shape index (κ2) is 16.6. The van der Waals surface area contributed by atoms with E-state index in [0.717, 1.165) is 12.3 Å². The maximum Gasteiger partial charge on any atom is 0.0431 e. The Balaban J connectivity index is 2.20. The Morgan fingerprint density at radius 2 is 1.12 bits per heavy atom. The molecule has 25 heavy (non-hydrogen) atoms. The predicted octanol–water partition coefficient (Wildman–Crippen LogP) is 7.63. The molecule has 0 heterocycles. The van der Waals surface area contributed by atoms with Gasteiger partial charge in [-0.3, -0.25) is 0 Å². The molecule has 1 rings (SSSR count). The number of aliphatic hydroxyl groups is 1. The van der Waals surface area contributed by atoms with Crippen LogP contribution in [0, 0.1) is 0 Å². The first kappa shape index (κ1) is 22.2. The lowest BCUT2D eigenvalue weighted by Crippen LogP contribution is -1.99. The van der Waals surface area contributed by atoms with E-state index >= 15 is 0 Å². The van der Waals surface area contributed by atoms with E-state index < -0.39 is 0 Å². The molecule has 1 aromatic carbocycles. The predicted molar refractivity (Wildman–Crippen MR) is 111 cm³/mol. The van der Waals surface area contributed by atoms with Gasteiger partial charge in [0, 0.05) is 6.61 Å². The summed E-state index contributed by atoms with van der Waals surface area (Å²) in [6, 6.07) is 11.2. The molecule has 1 atom stereocenters. The fourth-order valence-corrected chi connectivity index (χ4v) is 3.76. The molecule has 0 aliphatic heterocycles. The van der Waals surface area contributed by atoms with Gasteiger partial charge in [0.1, 0.15) is 0 Å². The molecule has 0 saturated heterocycles. The zero-order valence-corrected chi connectivity index (χ0v) is 16.7. The molecule has 0 aliphatic carbocycles. The van der Waals surface area contributed by atoms with Crippen LogP contribution in [-0.4, -0.2) is 11.7 Å². The van der Waals surface area contributed by atoms with Gasteiger partial charge in [0.05, 0.1) is 0 Å². The number of benzene rings is 1. The molecule has 0 bridgehead atoms. The highest BCUT2D eigenvalue weighted by Gasteiger charge is 2.10. The maximum atomic E-state index is 8.81. The lowest BCUT2D eigenvalue weighted by molar-refractivity contribution is 0.282. The Morgan fingerprint density at radius 3 is 1.64 bits per heavy atom. The molecule has 1 heteroatoms. The lowest BCUT2D eigenvalue weighted by Gasteiger charge is -2.17. The fourth-order valence-electron chi connectivity index (χ4n) is 3.76. The van der Waals surface area contributed by atoms with Crippen molar-refractivity contribution in [3.8, 4) is 0 Å². The van der Waals surface area contributed by atoms with E-state index in [0.29, 0.717) is 6.61 Å². The van der Waals surface area contributed by atoms with Crippen molar-refractivity contribution in [3.63, 3.8) is 0 Å². The molecule has 0 aliphatic rings. The normalized spacial score (nSPS) is 12.4. The first-order chi connectivity index (χ1) is 12.4. The van der Waals surface area contributed by atoms with Gasteiger partial charge in [-0.2, -0.15) is 0 Å². The third kappa shape index (κ3) is 12.2. The van der Waals surface area contributed by atoms with Crippen LogP contribution in [-0.2, 0) is 0 Å². The van der Waals surface area contributed by atoms with Gasteiger partial charge in [0.2, 0.25) is 0 Å². The molecular weight excluding hydrogens is 304 g/mol. The van der Waals surface area contributed by atoms with Crippen LogP contribution in [0.15, 0.2) is 30.3 Å². The molecule has 0 fully saturated rings. The summed E-state index contributed by atoms with van der Waals surface area (Å²) >= 11 is 0. The Morgan fingerprint density at radius 1 is 0.640 bits per heavy atom. The largest absolute Gasteiger partial charge is 0.396 e. The zero-order chi connectivity index (χ0) is 18.0. The summed E-state index contributed by atoms with van der Waals surface area (Å²) in [5, 5.41) is 8.81. The van der Waals surface area contributed by atoms with E-state index in [9.17, 15) is 0 Å². The van der Waals surface area contributed by atoms with Gasteiger partial charge in [-0.25, -0.2) is 0 Å². The highest BCUT2D eigenvalue weighted by atomic mass is 16.2. The zero-order valence-electron chi connectivity index (χ0n) is 16.7. The van der Waals surface area contributed by atoms with Crippen molar-refractivity contribution in [3.05, 3.63) is 35.9 Å². The van der Waals surface area contributed by atoms with Gasteiger partial charge in [-0.15, -0.1) is 0 Å². The molecule has 144 valence electrons. The fraction of sp³-hybridized carbons (Fsp3) is 0.750. The van der Waals surface area contributed by atoms with E-state index in [-0.39, 0.29) is 0 Å². The molecule has 0 radical (unpaired) electrons. The van der Waals surface area contributed by atoms with Crippen molar-refractivity contribution >= 4 is 0 Å². The quantitative estimate of drug-likeness (QED) is 0.287. The van der Waals surface area contributed by atoms with Crippen LogP contribution in [0.1, 0.15) is 115 Å². The van der Waals surface area contributed by atoms with Crippen molar-refractivity contribution in [1.29, 1.82) is 0 Å². The van der Waals surface area contributed by atoms with Crippen LogP contribution in [0.2, 0.25) is 0 Å². The summed E-state index contributed by atoms with van der Waals surface area (Å²) in [5.74, 6) is 0.766. The van der Waals surface area contributed by atoms with Crippen molar-refractivity contribution in [2.24, 2.45) is 0 Å². The van der Waals surface area contributed by atoms with Crippen molar-refractivity contribution in [2.75, 3.05) is 6.61 Å². The number of aliphatic hydroxyl groups excluding tert-OH is 1. The number of unbranched alkanes of at least 4 members (excludes halogenated alkanes) is 11. The Hall–Kier alpha value is -0.820. The van der Waals surface area contributed by atoms with E-state index in [1.807, 2.05) is 0 Å². The second-order valence-electron chi connectivity index (χ2n) is 7.65. The number of hydrogen-bond donors (Lipinski definition) is 1. The molecular formula is C24H42O. The molecule has 0 aromatic heterocycles. The third-order valence-electron chi connectivity index (χ3n) is 5.39. The van der Waals surface area contributed by atoms with Crippen molar-refractivity contribution in [2.45, 2.75) is 109 Å². The number of hydrogen-bond acceptors (Lipinski definition) is 1. The summed E-state index contributed by atoms with van der Waals surface area (Å²) in [6.07, 6.45) is 20.0. The standard InChI is InChI=1S/C24H42O/c1-2-3-4-5-9-13-18-23(24-20-15-12-16-21-24)19-14-10-7-6-8-11-17-22-25/h12,15-16,20-21,23,25H,2-11,13-14,17-19,22H2,1H3. The first-order valence-electron chi connectivity index (χ1n) is 11.0. The molecule has 1 nitrogen and oxygen atoms in total. The van der Waals surface area contributed by atoms with Gasteiger partial charge < -0.3 is 5.11 Å². The van der Waals surface area contributed by atoms with Crippen LogP contribution in [0.25, 0.3) is 0 Å². The second-order valence-corrected chi connectivity index (χ2v) is 7.65. The van der Waals surface area contributed by atoms with Gasteiger partial charge >= 0.3 is 0 Å². The highest BCUT2D eigenvalue weighted by molar-refractivity contribution is 5.19. The highest BCUT2D eigenvalue weighted by Crippen LogP contribution is 2.28. The maximum absolute atomic E-state index is 8.81. The van der Waals surface area contributed by atoms with Gasteiger partial charge in [-0.05, 0) is 30.7 Å². The molecule has 1 aromatic rings. The van der Waals surface area contributed by atoms with Crippen LogP contribution >= 0.6 is 0 Å². The molecule has 0 amide bonds. The Labute approximate surface area is 157 Å². The molecule has 1 N–H and O–H groups in total. The summed E-state index contributed by atoms with van der Waals surface area (Å²) < 4.78 is 0. The lowest BCUT2D eigenvalue weighted by atomic mass is 9.88. The Kier molecular flexibility index (Phi) is 14.8. The summed E-state index contributed by atoms with van der Waals surface area (Å²) in [7, 11) is 0. The monoisotopic (exact) mass is 346 g/mol. The van der Waals surface area contributed by atoms with Gasteiger partial charge in [0.15, 0.2) is 0 Å². The SMILES string of the molecule is CCCCCCCCC(CCCCCCCCCO)c1ccccc1. The minimum Gasteiger partial charge on any atom is -0.396 e. The first-order valence-corrected chi connectivity index (χ1v) is 11.0. The van der Waals surface area contributed by atoms with Crippen LogP contribution in [0.4, 0.5) is 0 Å². The van der Waals surface area contributed by atoms with E-state index in [2.05, 4.69) is 37.3 Å². The third-order valence-corrected chi connectivity index (χ3v) is 5.39. The van der Waals surface area contributed by atoms with E-state index in [1.54, 1.807) is 5.56 Å². The smallest absolute Gasteiger partial charge is 0.0431 e.